The molecule has 12 heavy (non-hydrogen) atoms. The van der Waals surface area contributed by atoms with Gasteiger partial charge < -0.3 is 10.3 Å². The molecule has 0 saturated carbocycles. The van der Waals surface area contributed by atoms with Crippen LogP contribution in [0.25, 0.3) is 0 Å². The predicted octanol–water partition coefficient (Wildman–Crippen LogP) is 0.674. The summed E-state index contributed by atoms with van der Waals surface area (Å²) in [5.41, 5.74) is 5.61. The van der Waals surface area contributed by atoms with Gasteiger partial charge >= 0.3 is 0 Å². The van der Waals surface area contributed by atoms with E-state index in [1.54, 1.807) is 20.2 Å². The molecule has 1 rings (SSSR count). The molecule has 0 bridgehead atoms. The molecule has 0 aliphatic heterocycles. The molecule has 0 aliphatic rings. The van der Waals surface area contributed by atoms with Gasteiger partial charge in [-0.3, -0.25) is 4.79 Å². The van der Waals surface area contributed by atoms with Gasteiger partial charge in [-0.2, -0.15) is 0 Å². The smallest absolute Gasteiger partial charge is 0.281 e. The van der Waals surface area contributed by atoms with Gasteiger partial charge in [-0.05, 0) is 17.7 Å². The third kappa shape index (κ3) is 1.09. The number of pyridine rings is 1. The quantitative estimate of drug-likeness (QED) is 0.624. The molecular weight excluding hydrogens is 158 g/mol. The van der Waals surface area contributed by atoms with E-state index < -0.39 is 5.56 Å². The first-order valence-corrected chi connectivity index (χ1v) is 3.37. The van der Waals surface area contributed by atoms with Gasteiger partial charge in [-0.1, -0.05) is 0 Å². The largest absolute Gasteiger partial charge is 0.396 e. The number of nitrogen functional groups attached to an aromatic ring is 1. The number of anilines is 1. The van der Waals surface area contributed by atoms with E-state index in [4.69, 9.17) is 5.73 Å². The van der Waals surface area contributed by atoms with Crippen molar-refractivity contribution < 1.29 is 0 Å². The van der Waals surface area contributed by atoms with Crippen LogP contribution in [-0.4, -0.2) is 4.57 Å². The molecule has 0 fully saturated rings. The highest BCUT2D eigenvalue weighted by molar-refractivity contribution is 5.64. The lowest BCUT2D eigenvalue weighted by atomic mass is 10.2. The van der Waals surface area contributed by atoms with E-state index in [-0.39, 0.29) is 11.4 Å². The number of nitroso groups, excluding NO2 is 1. The highest BCUT2D eigenvalue weighted by atomic mass is 16.3. The number of rotatable bonds is 1. The third-order valence-corrected chi connectivity index (χ3v) is 1.68. The average molecular weight is 167 g/mol. The SMILES string of the molecule is Cc1cn(C)c(=O)c(N=O)c1N. The maximum absolute atomic E-state index is 11.2. The summed E-state index contributed by atoms with van der Waals surface area (Å²) in [5, 5.41) is 2.58. The van der Waals surface area contributed by atoms with Gasteiger partial charge in [0.25, 0.3) is 5.56 Å². The number of hydrogen-bond acceptors (Lipinski definition) is 4. The maximum Gasteiger partial charge on any atom is 0.281 e. The summed E-state index contributed by atoms with van der Waals surface area (Å²) < 4.78 is 1.28. The van der Waals surface area contributed by atoms with Crippen molar-refractivity contribution in [3.63, 3.8) is 0 Å². The van der Waals surface area contributed by atoms with Crippen molar-refractivity contribution >= 4 is 11.4 Å². The van der Waals surface area contributed by atoms with Crippen LogP contribution in [0.15, 0.2) is 16.2 Å². The van der Waals surface area contributed by atoms with Gasteiger partial charge in [-0.15, -0.1) is 4.91 Å². The Morgan fingerprint density at radius 1 is 1.58 bits per heavy atom. The van der Waals surface area contributed by atoms with E-state index in [9.17, 15) is 9.70 Å². The topological polar surface area (TPSA) is 77.5 Å². The zero-order chi connectivity index (χ0) is 9.30. The van der Waals surface area contributed by atoms with Crippen molar-refractivity contribution in [2.45, 2.75) is 6.92 Å². The van der Waals surface area contributed by atoms with Crippen LogP contribution in [0.5, 0.6) is 0 Å². The van der Waals surface area contributed by atoms with Crippen molar-refractivity contribution in [3.8, 4) is 0 Å². The van der Waals surface area contributed by atoms with Crippen molar-refractivity contribution in [3.05, 3.63) is 27.0 Å². The minimum Gasteiger partial charge on any atom is -0.396 e. The Hall–Kier alpha value is -1.65. The highest BCUT2D eigenvalue weighted by Crippen LogP contribution is 2.19. The van der Waals surface area contributed by atoms with Crippen LogP contribution in [0.1, 0.15) is 5.56 Å². The zero-order valence-corrected chi connectivity index (χ0v) is 6.87. The van der Waals surface area contributed by atoms with Crippen molar-refractivity contribution in [2.24, 2.45) is 12.2 Å². The van der Waals surface area contributed by atoms with Gasteiger partial charge in [0.15, 0.2) is 5.69 Å². The Morgan fingerprint density at radius 2 is 2.17 bits per heavy atom. The minimum absolute atomic E-state index is 0.160. The van der Waals surface area contributed by atoms with Crippen LogP contribution >= 0.6 is 0 Å². The molecule has 5 heteroatoms. The van der Waals surface area contributed by atoms with E-state index in [1.165, 1.54) is 4.57 Å². The summed E-state index contributed by atoms with van der Waals surface area (Å²) in [6.07, 6.45) is 1.56. The zero-order valence-electron chi connectivity index (χ0n) is 6.87. The van der Waals surface area contributed by atoms with E-state index in [0.29, 0.717) is 5.56 Å². The van der Waals surface area contributed by atoms with Crippen molar-refractivity contribution in [1.82, 2.24) is 4.57 Å². The molecule has 0 spiro atoms. The molecule has 5 nitrogen and oxygen atoms in total. The minimum atomic E-state index is -0.465. The van der Waals surface area contributed by atoms with Gasteiger partial charge in [0.1, 0.15) is 0 Å². The lowest BCUT2D eigenvalue weighted by Crippen LogP contribution is -2.17. The highest BCUT2D eigenvalue weighted by Gasteiger charge is 2.08. The summed E-state index contributed by atoms with van der Waals surface area (Å²) in [5.74, 6) is 0. The molecule has 1 aromatic heterocycles. The van der Waals surface area contributed by atoms with Gasteiger partial charge in [0.05, 0.1) is 5.69 Å². The molecule has 0 amide bonds. The molecule has 0 aromatic carbocycles. The summed E-state index contributed by atoms with van der Waals surface area (Å²) >= 11 is 0. The number of nitrogens with zero attached hydrogens (tertiary/aromatic N) is 2. The standard InChI is InChI=1S/C7H9N3O2/c1-4-3-10(2)7(11)6(9-12)5(4)8/h3H,8H2,1-2H3. The lowest BCUT2D eigenvalue weighted by molar-refractivity contribution is 0.853. The fraction of sp³-hybridized carbons (Fsp3) is 0.286. The average Bonchev–Trinajstić information content (AvgIpc) is 2.02. The first kappa shape index (κ1) is 8.45. The lowest BCUT2D eigenvalue weighted by Gasteiger charge is -2.03. The molecule has 2 N–H and O–H groups in total. The Labute approximate surface area is 68.8 Å². The van der Waals surface area contributed by atoms with Crippen LogP contribution in [-0.2, 0) is 7.05 Å². The van der Waals surface area contributed by atoms with Crippen LogP contribution in [0.4, 0.5) is 11.4 Å². The summed E-state index contributed by atoms with van der Waals surface area (Å²) in [6, 6.07) is 0. The molecule has 0 unspecified atom stereocenters. The first-order valence-electron chi connectivity index (χ1n) is 3.37. The van der Waals surface area contributed by atoms with Crippen molar-refractivity contribution in [1.29, 1.82) is 0 Å². The van der Waals surface area contributed by atoms with Crippen LogP contribution in [0, 0.1) is 11.8 Å². The van der Waals surface area contributed by atoms with Crippen molar-refractivity contribution in [2.75, 3.05) is 5.73 Å². The molecule has 1 heterocycles. The van der Waals surface area contributed by atoms with Gasteiger partial charge in [-0.25, -0.2) is 0 Å². The fourth-order valence-corrected chi connectivity index (χ4v) is 0.976. The number of aromatic nitrogens is 1. The number of hydrogen-bond donors (Lipinski definition) is 1. The van der Waals surface area contributed by atoms with E-state index >= 15 is 0 Å². The molecule has 0 aliphatic carbocycles. The second-order valence-electron chi connectivity index (χ2n) is 2.58. The van der Waals surface area contributed by atoms with Crippen LogP contribution < -0.4 is 11.3 Å². The third-order valence-electron chi connectivity index (χ3n) is 1.68. The number of aryl methyl sites for hydroxylation is 2. The molecule has 0 radical (unpaired) electrons. The normalized spacial score (nSPS) is 9.83. The molecule has 64 valence electrons. The molecule has 0 atom stereocenters. The number of nitrogens with two attached hydrogens (primary N) is 1. The van der Waals surface area contributed by atoms with E-state index in [0.717, 1.165) is 0 Å². The second kappa shape index (κ2) is 2.77. The molecule has 1 aromatic rings. The first-order chi connectivity index (χ1) is 5.57. The Bertz CT molecular complexity index is 381. The Kier molecular flexibility index (Phi) is 1.95. The van der Waals surface area contributed by atoms with Crippen LogP contribution in [0.2, 0.25) is 0 Å². The molecule has 0 saturated heterocycles. The predicted molar refractivity (Wildman–Crippen MR) is 46.3 cm³/mol. The molecular formula is C7H9N3O2. The Balaban J connectivity index is 3.64. The summed E-state index contributed by atoms with van der Waals surface area (Å²) in [6.45, 7) is 1.71. The monoisotopic (exact) mass is 167 g/mol. The Morgan fingerprint density at radius 3 is 2.67 bits per heavy atom. The van der Waals surface area contributed by atoms with Crippen LogP contribution in [0.3, 0.4) is 0 Å². The second-order valence-corrected chi connectivity index (χ2v) is 2.58. The summed E-state index contributed by atoms with van der Waals surface area (Å²) in [7, 11) is 1.55. The maximum atomic E-state index is 11.2. The van der Waals surface area contributed by atoms with Gasteiger partial charge in [0, 0.05) is 13.2 Å². The van der Waals surface area contributed by atoms with Gasteiger partial charge in [0.2, 0.25) is 0 Å². The fourth-order valence-electron chi connectivity index (χ4n) is 0.976. The van der Waals surface area contributed by atoms with E-state index in [2.05, 4.69) is 5.18 Å². The summed E-state index contributed by atoms with van der Waals surface area (Å²) in [4.78, 5) is 21.4. The van der Waals surface area contributed by atoms with E-state index in [1.807, 2.05) is 0 Å².